The van der Waals surface area contributed by atoms with Gasteiger partial charge in [0.1, 0.15) is 0 Å². The van der Waals surface area contributed by atoms with Crippen molar-refractivity contribution in [3.05, 3.63) is 22.4 Å². The number of methoxy groups -OCH3 is 1. The van der Waals surface area contributed by atoms with E-state index in [2.05, 4.69) is 34.7 Å². The topological polar surface area (TPSA) is 53.9 Å². The molecular formula is C21H34IN3O2S. The van der Waals surface area contributed by atoms with E-state index in [0.29, 0.717) is 0 Å². The summed E-state index contributed by atoms with van der Waals surface area (Å²) in [5.41, 5.74) is 0.206. The summed E-state index contributed by atoms with van der Waals surface area (Å²) in [6, 6.07) is 4.46. The van der Waals surface area contributed by atoms with E-state index in [9.17, 15) is 4.79 Å². The van der Waals surface area contributed by atoms with Gasteiger partial charge in [0.15, 0.2) is 5.96 Å². The summed E-state index contributed by atoms with van der Waals surface area (Å²) in [4.78, 5) is 20.7. The molecule has 0 spiro atoms. The Balaban J connectivity index is 0.00000280. The third kappa shape index (κ3) is 5.62. The molecule has 1 aromatic heterocycles. The van der Waals surface area contributed by atoms with Gasteiger partial charge < -0.3 is 15.0 Å². The summed E-state index contributed by atoms with van der Waals surface area (Å²) in [7, 11) is 1.48. The molecule has 1 aliphatic heterocycles. The van der Waals surface area contributed by atoms with Crippen molar-refractivity contribution in [3.63, 3.8) is 0 Å². The Morgan fingerprint density at radius 3 is 2.61 bits per heavy atom. The minimum absolute atomic E-state index is 0. The van der Waals surface area contributed by atoms with Gasteiger partial charge in [0.05, 0.1) is 19.6 Å². The van der Waals surface area contributed by atoms with E-state index >= 15 is 0 Å². The van der Waals surface area contributed by atoms with Gasteiger partial charge in [-0.3, -0.25) is 9.79 Å². The molecule has 1 aromatic rings. The first kappa shape index (κ1) is 23.4. The van der Waals surface area contributed by atoms with Crippen molar-refractivity contribution in [2.75, 3.05) is 33.3 Å². The lowest BCUT2D eigenvalue weighted by Gasteiger charge is -2.37. The van der Waals surface area contributed by atoms with Crippen LogP contribution in [0.2, 0.25) is 0 Å². The number of piperidine rings is 1. The number of likely N-dealkylation sites (tertiary alicyclic amines) is 1. The molecule has 2 fully saturated rings. The molecule has 1 aliphatic carbocycles. The van der Waals surface area contributed by atoms with Crippen LogP contribution >= 0.6 is 35.3 Å². The number of carbonyl (C=O) groups excluding carboxylic acids is 1. The lowest BCUT2D eigenvalue weighted by atomic mass is 9.73. The minimum Gasteiger partial charge on any atom is -0.469 e. The Morgan fingerprint density at radius 2 is 2.04 bits per heavy atom. The van der Waals surface area contributed by atoms with Gasteiger partial charge in [-0.1, -0.05) is 25.3 Å². The summed E-state index contributed by atoms with van der Waals surface area (Å²) in [6.45, 7) is 5.55. The fraction of sp³-hybridized carbons (Fsp3) is 0.714. The van der Waals surface area contributed by atoms with Crippen LogP contribution in [-0.2, 0) is 14.9 Å². The Hall–Kier alpha value is -0.830. The molecule has 28 heavy (non-hydrogen) atoms. The van der Waals surface area contributed by atoms with Crippen molar-refractivity contribution in [1.82, 2.24) is 10.2 Å². The molecule has 2 heterocycles. The molecule has 0 aromatic carbocycles. The van der Waals surface area contributed by atoms with Crippen LogP contribution in [0.4, 0.5) is 0 Å². The standard InChI is InChI=1S/C21H33N3O2S.HI/c1-3-22-20(24-13-9-17(10-14-24)19(25)26-2)23-16-21(11-5-4-6-12-21)18-8-7-15-27-18;/h7-8,15,17H,3-6,9-14,16H2,1-2H3,(H,22,23);1H. The molecule has 1 N–H and O–H groups in total. The third-order valence-corrected chi connectivity index (χ3v) is 7.17. The van der Waals surface area contributed by atoms with Crippen molar-refractivity contribution >= 4 is 47.2 Å². The summed E-state index contributed by atoms with van der Waals surface area (Å²) >= 11 is 1.88. The number of aliphatic imine (C=N–C) groups is 1. The summed E-state index contributed by atoms with van der Waals surface area (Å²) in [5, 5.41) is 5.67. The van der Waals surface area contributed by atoms with Crippen LogP contribution < -0.4 is 5.32 Å². The van der Waals surface area contributed by atoms with Gasteiger partial charge in [-0.05, 0) is 44.1 Å². The van der Waals surface area contributed by atoms with Crippen LogP contribution in [0.5, 0.6) is 0 Å². The van der Waals surface area contributed by atoms with Crippen molar-refractivity contribution in [1.29, 1.82) is 0 Å². The smallest absolute Gasteiger partial charge is 0.308 e. The molecule has 3 rings (SSSR count). The number of hydrogen-bond donors (Lipinski definition) is 1. The molecule has 5 nitrogen and oxygen atoms in total. The lowest BCUT2D eigenvalue weighted by molar-refractivity contribution is -0.146. The SMILES string of the molecule is CCNC(=NCC1(c2cccs2)CCCCC1)N1CCC(C(=O)OC)CC1.I. The largest absolute Gasteiger partial charge is 0.469 e. The van der Waals surface area contributed by atoms with Crippen LogP contribution in [0.25, 0.3) is 0 Å². The number of esters is 1. The Kier molecular flexibility index (Phi) is 9.53. The maximum Gasteiger partial charge on any atom is 0.308 e. The first-order valence-electron chi connectivity index (χ1n) is 10.3. The van der Waals surface area contributed by atoms with E-state index in [1.54, 1.807) is 0 Å². The highest BCUT2D eigenvalue weighted by Gasteiger charge is 2.35. The molecule has 2 aliphatic rings. The maximum absolute atomic E-state index is 11.8. The zero-order valence-corrected chi connectivity index (χ0v) is 20.3. The molecule has 0 amide bonds. The van der Waals surface area contributed by atoms with E-state index < -0.39 is 0 Å². The summed E-state index contributed by atoms with van der Waals surface area (Å²) in [5.74, 6) is 0.961. The first-order chi connectivity index (χ1) is 13.2. The van der Waals surface area contributed by atoms with Crippen molar-refractivity contribution < 1.29 is 9.53 Å². The van der Waals surface area contributed by atoms with Crippen molar-refractivity contribution in [2.24, 2.45) is 10.9 Å². The molecule has 0 radical (unpaired) electrons. The summed E-state index contributed by atoms with van der Waals surface area (Å²) < 4.78 is 4.91. The third-order valence-electron chi connectivity index (χ3n) is 6.05. The average Bonchev–Trinajstić information content (AvgIpc) is 3.27. The Labute approximate surface area is 190 Å². The highest BCUT2D eigenvalue weighted by Crippen LogP contribution is 2.41. The van der Waals surface area contributed by atoms with Gasteiger partial charge in [-0.25, -0.2) is 0 Å². The number of guanidine groups is 1. The predicted molar refractivity (Wildman–Crippen MR) is 127 cm³/mol. The molecule has 1 saturated carbocycles. The van der Waals surface area contributed by atoms with Crippen LogP contribution in [0.1, 0.15) is 56.7 Å². The normalized spacial score (nSPS) is 20.4. The highest BCUT2D eigenvalue weighted by atomic mass is 127. The Bertz CT molecular complexity index is 622. The van der Waals surface area contributed by atoms with Crippen LogP contribution in [-0.4, -0.2) is 50.1 Å². The molecule has 0 atom stereocenters. The molecule has 1 saturated heterocycles. The first-order valence-corrected chi connectivity index (χ1v) is 11.2. The quantitative estimate of drug-likeness (QED) is 0.271. The van der Waals surface area contributed by atoms with E-state index in [4.69, 9.17) is 9.73 Å². The highest BCUT2D eigenvalue weighted by molar-refractivity contribution is 14.0. The van der Waals surface area contributed by atoms with Gasteiger partial charge in [-0.15, -0.1) is 35.3 Å². The van der Waals surface area contributed by atoms with E-state index in [1.807, 2.05) is 11.3 Å². The molecule has 0 bridgehead atoms. The molecule has 7 heteroatoms. The number of rotatable bonds is 5. The van der Waals surface area contributed by atoms with Gasteiger partial charge in [0.25, 0.3) is 0 Å². The molecule has 0 unspecified atom stereocenters. The van der Waals surface area contributed by atoms with Gasteiger partial charge in [-0.2, -0.15) is 0 Å². The zero-order chi connectivity index (χ0) is 19.1. The lowest BCUT2D eigenvalue weighted by Crippen LogP contribution is -2.47. The summed E-state index contributed by atoms with van der Waals surface area (Å²) in [6.07, 6.45) is 8.10. The number of halogens is 1. The van der Waals surface area contributed by atoms with Crippen LogP contribution in [0.3, 0.4) is 0 Å². The van der Waals surface area contributed by atoms with Gasteiger partial charge >= 0.3 is 5.97 Å². The van der Waals surface area contributed by atoms with E-state index in [-0.39, 0.29) is 41.3 Å². The second kappa shape index (κ2) is 11.4. The minimum atomic E-state index is -0.0737. The monoisotopic (exact) mass is 519 g/mol. The second-order valence-corrected chi connectivity index (χ2v) is 8.72. The number of hydrogen-bond acceptors (Lipinski definition) is 4. The Morgan fingerprint density at radius 1 is 1.32 bits per heavy atom. The predicted octanol–water partition coefficient (Wildman–Crippen LogP) is 4.42. The van der Waals surface area contributed by atoms with Crippen LogP contribution in [0.15, 0.2) is 22.5 Å². The average molecular weight is 519 g/mol. The fourth-order valence-electron chi connectivity index (χ4n) is 4.44. The molecular weight excluding hydrogens is 485 g/mol. The zero-order valence-electron chi connectivity index (χ0n) is 17.1. The number of thiophene rings is 1. The van der Waals surface area contributed by atoms with Gasteiger partial charge in [0.2, 0.25) is 0 Å². The fourth-order valence-corrected chi connectivity index (χ4v) is 5.42. The van der Waals surface area contributed by atoms with Crippen molar-refractivity contribution in [2.45, 2.75) is 57.3 Å². The number of nitrogens with one attached hydrogen (secondary N) is 1. The number of carbonyl (C=O) groups is 1. The van der Waals surface area contributed by atoms with E-state index in [0.717, 1.165) is 45.0 Å². The number of nitrogens with zero attached hydrogens (tertiary/aromatic N) is 2. The maximum atomic E-state index is 11.8. The van der Waals surface area contributed by atoms with Crippen molar-refractivity contribution in [3.8, 4) is 0 Å². The van der Waals surface area contributed by atoms with Gasteiger partial charge in [0, 0.05) is 29.9 Å². The van der Waals surface area contributed by atoms with E-state index in [1.165, 1.54) is 44.1 Å². The number of ether oxygens (including phenoxy) is 1. The van der Waals surface area contributed by atoms with Crippen LogP contribution in [0, 0.1) is 5.92 Å². The second-order valence-electron chi connectivity index (χ2n) is 7.77. The molecule has 158 valence electrons.